The zero-order valence-corrected chi connectivity index (χ0v) is 16.7. The summed E-state index contributed by atoms with van der Waals surface area (Å²) in [6, 6.07) is 18.3. The van der Waals surface area contributed by atoms with E-state index in [-0.39, 0.29) is 11.8 Å². The topological polar surface area (TPSA) is 58.2 Å². The van der Waals surface area contributed by atoms with Crippen molar-refractivity contribution in [1.29, 1.82) is 0 Å². The lowest BCUT2D eigenvalue weighted by Crippen LogP contribution is -2.14. The van der Waals surface area contributed by atoms with Gasteiger partial charge in [-0.3, -0.25) is 9.59 Å². The molecule has 0 saturated heterocycles. The van der Waals surface area contributed by atoms with Crippen molar-refractivity contribution in [2.24, 2.45) is 0 Å². The zero-order chi connectivity index (χ0) is 19.1. The molecule has 4 nitrogen and oxygen atoms in total. The highest BCUT2D eigenvalue weighted by molar-refractivity contribution is 7.99. The van der Waals surface area contributed by atoms with Gasteiger partial charge >= 0.3 is 0 Å². The Kier molecular flexibility index (Phi) is 6.92. The van der Waals surface area contributed by atoms with Crippen molar-refractivity contribution in [1.82, 2.24) is 0 Å². The van der Waals surface area contributed by atoms with E-state index in [2.05, 4.69) is 10.6 Å². The van der Waals surface area contributed by atoms with Gasteiger partial charge in [-0.15, -0.1) is 23.1 Å². The predicted molar refractivity (Wildman–Crippen MR) is 115 cm³/mol. The molecule has 1 aromatic heterocycles. The van der Waals surface area contributed by atoms with E-state index >= 15 is 0 Å². The molecule has 0 atom stereocenters. The van der Waals surface area contributed by atoms with Gasteiger partial charge in [0, 0.05) is 22.2 Å². The first-order valence-electron chi connectivity index (χ1n) is 8.17. The molecule has 0 aliphatic carbocycles. The molecule has 138 valence electrons. The summed E-state index contributed by atoms with van der Waals surface area (Å²) in [6.07, 6.45) is 0. The smallest absolute Gasteiger partial charge is 0.265 e. The number of carbonyl (C=O) groups is 2. The van der Waals surface area contributed by atoms with Crippen LogP contribution in [-0.4, -0.2) is 17.6 Å². The largest absolute Gasteiger partial charge is 0.325 e. The van der Waals surface area contributed by atoms with Crippen LogP contribution in [0.25, 0.3) is 0 Å². The van der Waals surface area contributed by atoms with Crippen LogP contribution in [-0.2, 0) is 10.5 Å². The Balaban J connectivity index is 1.44. The van der Waals surface area contributed by atoms with Gasteiger partial charge in [-0.25, -0.2) is 0 Å². The first-order valence-corrected chi connectivity index (χ1v) is 10.6. The van der Waals surface area contributed by atoms with E-state index < -0.39 is 0 Å². The van der Waals surface area contributed by atoms with Gasteiger partial charge in [-0.05, 0) is 53.4 Å². The van der Waals surface area contributed by atoms with E-state index in [0.717, 1.165) is 11.3 Å². The SMILES string of the molecule is O=C(CSCc1ccc(Cl)cc1)Nc1ccc(NC(=O)c2cccs2)cc1. The molecule has 1 heterocycles. The van der Waals surface area contributed by atoms with Crippen LogP contribution in [0, 0.1) is 0 Å². The Bertz CT molecular complexity index is 895. The molecule has 3 aromatic rings. The molecule has 27 heavy (non-hydrogen) atoms. The van der Waals surface area contributed by atoms with E-state index in [9.17, 15) is 9.59 Å². The van der Waals surface area contributed by atoms with Crippen LogP contribution in [0.5, 0.6) is 0 Å². The second kappa shape index (κ2) is 9.60. The Hall–Kier alpha value is -2.28. The lowest BCUT2D eigenvalue weighted by molar-refractivity contribution is -0.113. The summed E-state index contributed by atoms with van der Waals surface area (Å²) in [4.78, 5) is 24.7. The first-order chi connectivity index (χ1) is 13.1. The molecule has 0 aliphatic rings. The number of carbonyl (C=O) groups excluding carboxylic acids is 2. The number of halogens is 1. The molecule has 7 heteroatoms. The number of hydrogen-bond donors (Lipinski definition) is 2. The van der Waals surface area contributed by atoms with Gasteiger partial charge in [-0.1, -0.05) is 29.8 Å². The molecule has 3 rings (SSSR count). The standard InChI is InChI=1S/C20H17ClN2O2S2/c21-15-5-3-14(4-6-15)12-26-13-19(24)22-16-7-9-17(10-8-16)23-20(25)18-2-1-11-27-18/h1-11H,12-13H2,(H,22,24)(H,23,25). The zero-order valence-electron chi connectivity index (χ0n) is 14.3. The minimum absolute atomic E-state index is 0.0654. The Morgan fingerprint density at radius 1 is 0.926 bits per heavy atom. The molecular weight excluding hydrogens is 400 g/mol. The Labute approximate surface area is 170 Å². The number of thiophene rings is 1. The van der Waals surface area contributed by atoms with Crippen molar-refractivity contribution in [3.63, 3.8) is 0 Å². The second-order valence-electron chi connectivity index (χ2n) is 5.68. The fraction of sp³-hybridized carbons (Fsp3) is 0.100. The van der Waals surface area contributed by atoms with Gasteiger partial charge in [0.2, 0.25) is 5.91 Å². The number of benzene rings is 2. The maximum Gasteiger partial charge on any atom is 0.265 e. The van der Waals surface area contributed by atoms with Crippen LogP contribution in [0.1, 0.15) is 15.2 Å². The van der Waals surface area contributed by atoms with Crippen molar-refractivity contribution >= 4 is 57.9 Å². The van der Waals surface area contributed by atoms with Gasteiger partial charge in [0.15, 0.2) is 0 Å². The Morgan fingerprint density at radius 2 is 1.59 bits per heavy atom. The molecule has 0 unspecified atom stereocenters. The van der Waals surface area contributed by atoms with Crippen LogP contribution >= 0.6 is 34.7 Å². The molecule has 0 spiro atoms. The molecule has 2 aromatic carbocycles. The summed E-state index contributed by atoms with van der Waals surface area (Å²) in [7, 11) is 0. The van der Waals surface area contributed by atoms with Crippen LogP contribution in [0.4, 0.5) is 11.4 Å². The van der Waals surface area contributed by atoms with Gasteiger partial charge in [0.25, 0.3) is 5.91 Å². The van der Waals surface area contributed by atoms with Crippen molar-refractivity contribution < 1.29 is 9.59 Å². The maximum atomic E-state index is 12.1. The van der Waals surface area contributed by atoms with E-state index in [0.29, 0.717) is 27.0 Å². The summed E-state index contributed by atoms with van der Waals surface area (Å²) in [5.41, 5.74) is 2.51. The monoisotopic (exact) mass is 416 g/mol. The highest BCUT2D eigenvalue weighted by atomic mass is 35.5. The quantitative estimate of drug-likeness (QED) is 0.532. The summed E-state index contributed by atoms with van der Waals surface area (Å²) >= 11 is 8.79. The van der Waals surface area contributed by atoms with Crippen molar-refractivity contribution in [3.8, 4) is 0 Å². The van der Waals surface area contributed by atoms with Crippen molar-refractivity contribution in [2.75, 3.05) is 16.4 Å². The third-order valence-electron chi connectivity index (χ3n) is 3.59. The van der Waals surface area contributed by atoms with Gasteiger partial charge in [0.1, 0.15) is 0 Å². The Morgan fingerprint density at radius 3 is 2.22 bits per heavy atom. The predicted octanol–water partition coefficient (Wildman–Crippen LogP) is 5.53. The molecule has 0 bridgehead atoms. The van der Waals surface area contributed by atoms with E-state index in [1.165, 1.54) is 23.1 Å². The van der Waals surface area contributed by atoms with E-state index in [1.807, 2.05) is 35.7 Å². The lowest BCUT2D eigenvalue weighted by atomic mass is 10.2. The highest BCUT2D eigenvalue weighted by Crippen LogP contribution is 2.18. The molecule has 0 saturated carbocycles. The molecular formula is C20H17ClN2O2S2. The summed E-state index contributed by atoms with van der Waals surface area (Å²) in [6.45, 7) is 0. The van der Waals surface area contributed by atoms with Crippen LogP contribution in [0.2, 0.25) is 5.02 Å². The maximum absolute atomic E-state index is 12.1. The summed E-state index contributed by atoms with van der Waals surface area (Å²) < 4.78 is 0. The number of nitrogens with one attached hydrogen (secondary N) is 2. The molecule has 0 aliphatic heterocycles. The minimum atomic E-state index is -0.139. The van der Waals surface area contributed by atoms with Crippen LogP contribution < -0.4 is 10.6 Å². The fourth-order valence-electron chi connectivity index (χ4n) is 2.28. The summed E-state index contributed by atoms with van der Waals surface area (Å²) in [5.74, 6) is 0.905. The molecule has 2 N–H and O–H groups in total. The number of anilines is 2. The lowest BCUT2D eigenvalue weighted by Gasteiger charge is -2.08. The number of rotatable bonds is 7. The fourth-order valence-corrected chi connectivity index (χ4v) is 3.81. The number of thioether (sulfide) groups is 1. The van der Waals surface area contributed by atoms with Crippen molar-refractivity contribution in [3.05, 3.63) is 81.5 Å². The summed E-state index contributed by atoms with van der Waals surface area (Å²) in [5, 5.41) is 8.25. The first kappa shape index (κ1) is 19.5. The average Bonchev–Trinajstić information content (AvgIpc) is 3.20. The molecule has 0 fully saturated rings. The second-order valence-corrected chi connectivity index (χ2v) is 8.05. The van der Waals surface area contributed by atoms with Gasteiger partial charge in [-0.2, -0.15) is 0 Å². The third kappa shape index (κ3) is 6.13. The van der Waals surface area contributed by atoms with Gasteiger partial charge in [0.05, 0.1) is 10.6 Å². The van der Waals surface area contributed by atoms with E-state index in [4.69, 9.17) is 11.6 Å². The van der Waals surface area contributed by atoms with Gasteiger partial charge < -0.3 is 10.6 Å². The number of hydrogen-bond acceptors (Lipinski definition) is 4. The molecule has 0 radical (unpaired) electrons. The average molecular weight is 417 g/mol. The third-order valence-corrected chi connectivity index (χ3v) is 5.71. The van der Waals surface area contributed by atoms with E-state index in [1.54, 1.807) is 30.3 Å². The number of amides is 2. The minimum Gasteiger partial charge on any atom is -0.325 e. The highest BCUT2D eigenvalue weighted by Gasteiger charge is 2.07. The van der Waals surface area contributed by atoms with Crippen LogP contribution in [0.3, 0.4) is 0 Å². The van der Waals surface area contributed by atoms with Crippen molar-refractivity contribution in [2.45, 2.75) is 5.75 Å². The molecule has 2 amide bonds. The van der Waals surface area contributed by atoms with Crippen LogP contribution in [0.15, 0.2) is 66.0 Å². The normalized spacial score (nSPS) is 10.4.